The summed E-state index contributed by atoms with van der Waals surface area (Å²) in [6, 6.07) is 25.9. The van der Waals surface area contributed by atoms with Crippen molar-refractivity contribution in [3.63, 3.8) is 0 Å². The molecule has 0 fully saturated rings. The van der Waals surface area contributed by atoms with Gasteiger partial charge in [-0.15, -0.1) is 0 Å². The second kappa shape index (κ2) is 11.8. The second-order valence-electron chi connectivity index (χ2n) is 8.09. The molecule has 0 bridgehead atoms. The molecule has 5 nitrogen and oxygen atoms in total. The van der Waals surface area contributed by atoms with E-state index < -0.39 is 23.8 Å². The van der Waals surface area contributed by atoms with E-state index in [0.29, 0.717) is 5.56 Å². The third kappa shape index (κ3) is 7.14. The lowest BCUT2D eigenvalue weighted by Gasteiger charge is -2.24. The Bertz CT molecular complexity index is 1000. The van der Waals surface area contributed by atoms with Gasteiger partial charge in [-0.2, -0.15) is 0 Å². The number of aryl methyl sites for hydroxylation is 1. The second-order valence-corrected chi connectivity index (χ2v) is 8.09. The van der Waals surface area contributed by atoms with Crippen LogP contribution in [-0.4, -0.2) is 17.7 Å². The molecule has 0 N–H and O–H groups in total. The summed E-state index contributed by atoms with van der Waals surface area (Å²) in [7, 11) is 0. The Hall–Kier alpha value is -3.73. The quantitative estimate of drug-likeness (QED) is 0.319. The van der Waals surface area contributed by atoms with Gasteiger partial charge in [0.15, 0.2) is 5.92 Å². The minimum Gasteiger partial charge on any atom is -0.460 e. The highest BCUT2D eigenvalue weighted by molar-refractivity contribution is 5.97. The molecule has 33 heavy (non-hydrogen) atoms. The van der Waals surface area contributed by atoms with Gasteiger partial charge in [0.05, 0.1) is 0 Å². The van der Waals surface area contributed by atoms with E-state index in [1.165, 1.54) is 6.92 Å². The van der Waals surface area contributed by atoms with Gasteiger partial charge in [-0.25, -0.2) is 0 Å². The van der Waals surface area contributed by atoms with Crippen molar-refractivity contribution in [3.8, 4) is 0 Å². The number of rotatable bonds is 10. The van der Waals surface area contributed by atoms with Crippen LogP contribution < -0.4 is 0 Å². The predicted molar refractivity (Wildman–Crippen MR) is 125 cm³/mol. The molecular weight excluding hydrogens is 416 g/mol. The Kier molecular flexibility index (Phi) is 8.53. The lowest BCUT2D eigenvalue weighted by Crippen LogP contribution is -2.34. The van der Waals surface area contributed by atoms with Crippen molar-refractivity contribution in [2.45, 2.75) is 39.4 Å². The van der Waals surface area contributed by atoms with Crippen LogP contribution in [0.4, 0.5) is 0 Å². The molecule has 0 aliphatic heterocycles. The first-order valence-corrected chi connectivity index (χ1v) is 10.9. The zero-order valence-electron chi connectivity index (χ0n) is 18.9. The van der Waals surface area contributed by atoms with Gasteiger partial charge in [-0.3, -0.25) is 9.59 Å². The smallest absolute Gasteiger partial charge is 0.321 e. The summed E-state index contributed by atoms with van der Waals surface area (Å²) in [6.45, 7) is 3.46. The number of esters is 2. The van der Waals surface area contributed by atoms with Crippen LogP contribution in [0.2, 0.25) is 0 Å². The molecule has 0 saturated carbocycles. The summed E-state index contributed by atoms with van der Waals surface area (Å²) >= 11 is 0. The molecular formula is C28H28O5. The molecule has 0 radical (unpaired) electrons. The van der Waals surface area contributed by atoms with E-state index in [1.807, 2.05) is 91.9 Å². The lowest BCUT2D eigenvalue weighted by atomic mass is 9.82. The molecule has 0 aliphatic rings. The van der Waals surface area contributed by atoms with Gasteiger partial charge in [0.2, 0.25) is 0 Å². The number of hydrogen-bond donors (Lipinski definition) is 0. The van der Waals surface area contributed by atoms with Crippen molar-refractivity contribution < 1.29 is 23.9 Å². The Morgan fingerprint density at radius 1 is 0.697 bits per heavy atom. The zero-order valence-corrected chi connectivity index (χ0v) is 18.9. The van der Waals surface area contributed by atoms with E-state index in [0.717, 1.165) is 16.7 Å². The molecule has 0 amide bonds. The predicted octanol–water partition coefficient (Wildman–Crippen LogP) is 5.16. The number of hydrogen-bond acceptors (Lipinski definition) is 5. The zero-order chi connectivity index (χ0) is 23.6. The number of carbonyl (C=O) groups excluding carboxylic acids is 3. The van der Waals surface area contributed by atoms with Crippen LogP contribution in [0.3, 0.4) is 0 Å². The Morgan fingerprint density at radius 2 is 1.15 bits per heavy atom. The van der Waals surface area contributed by atoms with Gasteiger partial charge in [-0.05, 0) is 30.5 Å². The average molecular weight is 445 g/mol. The maximum absolute atomic E-state index is 13.2. The number of benzene rings is 3. The highest BCUT2D eigenvalue weighted by Gasteiger charge is 2.39. The summed E-state index contributed by atoms with van der Waals surface area (Å²) < 4.78 is 11.0. The van der Waals surface area contributed by atoms with Crippen LogP contribution in [0.25, 0.3) is 0 Å². The van der Waals surface area contributed by atoms with E-state index >= 15 is 0 Å². The van der Waals surface area contributed by atoms with Crippen molar-refractivity contribution in [2.75, 3.05) is 0 Å². The Labute approximate surface area is 194 Å². The van der Waals surface area contributed by atoms with Crippen molar-refractivity contribution in [1.29, 1.82) is 0 Å². The summed E-state index contributed by atoms with van der Waals surface area (Å²) in [6.07, 6.45) is 0.0224. The fraction of sp³-hybridized carbons (Fsp3) is 0.250. The van der Waals surface area contributed by atoms with Crippen LogP contribution >= 0.6 is 0 Å². The molecule has 0 aromatic heterocycles. The molecule has 3 aromatic carbocycles. The average Bonchev–Trinajstić information content (AvgIpc) is 2.82. The fourth-order valence-corrected chi connectivity index (χ4v) is 3.61. The van der Waals surface area contributed by atoms with Gasteiger partial charge in [0, 0.05) is 12.3 Å². The number of ketones is 1. The molecule has 0 heterocycles. The van der Waals surface area contributed by atoms with E-state index in [1.54, 1.807) is 0 Å². The van der Waals surface area contributed by atoms with Crippen LogP contribution in [0.15, 0.2) is 84.9 Å². The highest BCUT2D eigenvalue weighted by Crippen LogP contribution is 2.32. The number of ether oxygens (including phenoxy) is 2. The third-order valence-corrected chi connectivity index (χ3v) is 5.37. The molecule has 0 aliphatic carbocycles. The lowest BCUT2D eigenvalue weighted by molar-refractivity contribution is -0.165. The Balaban J connectivity index is 1.86. The monoisotopic (exact) mass is 444 g/mol. The van der Waals surface area contributed by atoms with E-state index in [-0.39, 0.29) is 25.4 Å². The van der Waals surface area contributed by atoms with Crippen LogP contribution in [0.1, 0.15) is 41.5 Å². The van der Waals surface area contributed by atoms with Crippen molar-refractivity contribution in [2.24, 2.45) is 5.92 Å². The fourth-order valence-electron chi connectivity index (χ4n) is 3.61. The minimum absolute atomic E-state index is 0.0224. The van der Waals surface area contributed by atoms with Gasteiger partial charge in [-0.1, -0.05) is 90.5 Å². The van der Waals surface area contributed by atoms with Crippen LogP contribution in [0, 0.1) is 12.8 Å². The maximum Gasteiger partial charge on any atom is 0.321 e. The van der Waals surface area contributed by atoms with E-state index in [9.17, 15) is 14.4 Å². The first-order valence-electron chi connectivity index (χ1n) is 10.9. The summed E-state index contributed by atoms with van der Waals surface area (Å²) in [5, 5.41) is 0. The van der Waals surface area contributed by atoms with E-state index in [2.05, 4.69) is 0 Å². The van der Waals surface area contributed by atoms with E-state index in [4.69, 9.17) is 9.47 Å². The molecule has 3 rings (SSSR count). The molecule has 170 valence electrons. The Morgan fingerprint density at radius 3 is 1.58 bits per heavy atom. The molecule has 3 aromatic rings. The third-order valence-electron chi connectivity index (χ3n) is 5.37. The standard InChI is InChI=1S/C28H28O5/c1-20-13-15-24(16-14-20)25(17-21(2)29)26(27(30)32-18-22-9-5-3-6-10-22)28(31)33-19-23-11-7-4-8-12-23/h3-16,25-26H,17-19H2,1-2H3/t25-/m0/s1. The SMILES string of the molecule is CC(=O)C[C@@H](c1ccc(C)cc1)C(C(=O)OCc1ccccc1)C(=O)OCc1ccccc1. The van der Waals surface area contributed by atoms with Crippen molar-refractivity contribution >= 4 is 17.7 Å². The van der Waals surface area contributed by atoms with Gasteiger partial charge in [0.1, 0.15) is 19.0 Å². The number of Topliss-reactive ketones (excluding diaryl/α,β-unsaturated/α-hetero) is 1. The van der Waals surface area contributed by atoms with Crippen molar-refractivity contribution in [1.82, 2.24) is 0 Å². The van der Waals surface area contributed by atoms with Crippen LogP contribution in [-0.2, 0) is 37.1 Å². The first kappa shape index (κ1) is 23.9. The topological polar surface area (TPSA) is 69.7 Å². The summed E-state index contributed by atoms with van der Waals surface area (Å²) in [5.74, 6) is -3.48. The molecule has 0 saturated heterocycles. The van der Waals surface area contributed by atoms with Gasteiger partial charge in [0.25, 0.3) is 0 Å². The summed E-state index contributed by atoms with van der Waals surface area (Å²) in [4.78, 5) is 38.5. The normalized spacial score (nSPS) is 11.6. The molecule has 0 spiro atoms. The maximum atomic E-state index is 13.2. The minimum atomic E-state index is -1.26. The van der Waals surface area contributed by atoms with Gasteiger partial charge < -0.3 is 14.3 Å². The van der Waals surface area contributed by atoms with Gasteiger partial charge >= 0.3 is 11.9 Å². The summed E-state index contributed by atoms with van der Waals surface area (Å²) in [5.41, 5.74) is 3.37. The molecule has 5 heteroatoms. The van der Waals surface area contributed by atoms with Crippen LogP contribution in [0.5, 0.6) is 0 Å². The molecule has 1 atom stereocenters. The largest absolute Gasteiger partial charge is 0.460 e. The first-order chi connectivity index (χ1) is 15.9. The molecule has 0 unspecified atom stereocenters. The highest BCUT2D eigenvalue weighted by atomic mass is 16.6. The number of carbonyl (C=O) groups is 3. The van der Waals surface area contributed by atoms with Crippen molar-refractivity contribution in [3.05, 3.63) is 107 Å².